The third-order valence-corrected chi connectivity index (χ3v) is 6.76. The molecule has 0 bridgehead atoms. The van der Waals surface area contributed by atoms with E-state index in [1.807, 2.05) is 30.3 Å². The van der Waals surface area contributed by atoms with Crippen LogP contribution in [0.25, 0.3) is 0 Å². The highest BCUT2D eigenvalue weighted by molar-refractivity contribution is 7.91. The Morgan fingerprint density at radius 1 is 1.00 bits per heavy atom. The Morgan fingerprint density at radius 3 is 2.38 bits per heavy atom. The van der Waals surface area contributed by atoms with Gasteiger partial charge in [0.05, 0.1) is 21.6 Å². The molecule has 1 fully saturated rings. The van der Waals surface area contributed by atoms with Gasteiger partial charge in [-0.15, -0.1) is 0 Å². The van der Waals surface area contributed by atoms with E-state index in [1.54, 1.807) is 29.2 Å². The van der Waals surface area contributed by atoms with E-state index >= 15 is 0 Å². The minimum Gasteiger partial charge on any atom is -0.338 e. The first-order valence-electron chi connectivity index (χ1n) is 7.79. The lowest BCUT2D eigenvalue weighted by Crippen LogP contribution is -2.33. The number of hydrogen-bond acceptors (Lipinski definition) is 3. The van der Waals surface area contributed by atoms with Gasteiger partial charge >= 0.3 is 0 Å². The van der Waals surface area contributed by atoms with Crippen molar-refractivity contribution in [1.82, 2.24) is 4.90 Å². The number of rotatable bonds is 2. The first-order chi connectivity index (χ1) is 11.5. The van der Waals surface area contributed by atoms with Crippen LogP contribution in [0.5, 0.6) is 0 Å². The number of carbonyl (C=O) groups excluding carboxylic acids is 1. The zero-order chi connectivity index (χ0) is 17.2. The molecule has 1 heterocycles. The minimum absolute atomic E-state index is 0.0389. The molecule has 0 saturated carbocycles. The van der Waals surface area contributed by atoms with Gasteiger partial charge in [-0.25, -0.2) is 8.42 Å². The van der Waals surface area contributed by atoms with Crippen LogP contribution < -0.4 is 0 Å². The van der Waals surface area contributed by atoms with Gasteiger partial charge in [0.2, 0.25) is 0 Å². The maximum absolute atomic E-state index is 12.7. The van der Waals surface area contributed by atoms with Crippen molar-refractivity contribution in [3.8, 4) is 0 Å². The average molecular weight is 364 g/mol. The van der Waals surface area contributed by atoms with Crippen molar-refractivity contribution in [2.45, 2.75) is 11.7 Å². The van der Waals surface area contributed by atoms with E-state index in [0.29, 0.717) is 23.6 Å². The van der Waals surface area contributed by atoms with Crippen LogP contribution in [0.15, 0.2) is 54.6 Å². The van der Waals surface area contributed by atoms with Crippen LogP contribution in [0, 0.1) is 0 Å². The monoisotopic (exact) mass is 363 g/mol. The van der Waals surface area contributed by atoms with E-state index in [0.717, 1.165) is 5.56 Å². The second-order valence-corrected chi connectivity index (χ2v) is 8.54. The van der Waals surface area contributed by atoms with Gasteiger partial charge in [-0.1, -0.05) is 54.1 Å². The molecule has 0 radical (unpaired) electrons. The zero-order valence-corrected chi connectivity index (χ0v) is 14.6. The minimum atomic E-state index is -3.30. The third kappa shape index (κ3) is 3.47. The summed E-state index contributed by atoms with van der Waals surface area (Å²) < 4.78 is 25.2. The van der Waals surface area contributed by atoms with Gasteiger partial charge in [-0.3, -0.25) is 4.79 Å². The molecule has 24 heavy (non-hydrogen) atoms. The summed E-state index contributed by atoms with van der Waals surface area (Å²) in [5, 5.41) is -0.183. The molecule has 0 aromatic heterocycles. The summed E-state index contributed by atoms with van der Waals surface area (Å²) in [7, 11) is -3.30. The van der Waals surface area contributed by atoms with E-state index in [4.69, 9.17) is 11.6 Å². The molecular weight excluding hydrogens is 346 g/mol. The first kappa shape index (κ1) is 17.0. The molecular formula is C18H18ClNO3S. The van der Waals surface area contributed by atoms with Gasteiger partial charge in [0.25, 0.3) is 5.91 Å². The summed E-state index contributed by atoms with van der Waals surface area (Å²) >= 11 is 6.09. The Hall–Kier alpha value is -1.85. The van der Waals surface area contributed by atoms with E-state index in [9.17, 15) is 13.2 Å². The smallest absolute Gasteiger partial charge is 0.255 e. The molecule has 2 aromatic carbocycles. The number of halogens is 1. The Morgan fingerprint density at radius 2 is 1.67 bits per heavy atom. The van der Waals surface area contributed by atoms with Crippen LogP contribution in [0.2, 0.25) is 5.02 Å². The topological polar surface area (TPSA) is 54.5 Å². The molecule has 2 aromatic rings. The fourth-order valence-electron chi connectivity index (χ4n) is 2.99. The number of sulfone groups is 1. The van der Waals surface area contributed by atoms with Crippen molar-refractivity contribution in [2.75, 3.05) is 18.8 Å². The predicted octanol–water partition coefficient (Wildman–Crippen LogP) is 3.34. The van der Waals surface area contributed by atoms with Crippen molar-refractivity contribution in [3.05, 3.63) is 70.7 Å². The highest BCUT2D eigenvalue weighted by Gasteiger charge is 2.33. The number of carbonyl (C=O) groups is 1. The lowest BCUT2D eigenvalue weighted by Gasteiger charge is -2.20. The van der Waals surface area contributed by atoms with Crippen molar-refractivity contribution in [2.24, 2.45) is 0 Å². The lowest BCUT2D eigenvalue weighted by atomic mass is 10.1. The van der Waals surface area contributed by atoms with Gasteiger partial charge in [-0.05, 0) is 24.1 Å². The highest BCUT2D eigenvalue weighted by atomic mass is 35.5. The molecule has 0 N–H and O–H groups in total. The fourth-order valence-corrected chi connectivity index (χ4v) is 5.01. The number of hydrogen-bond donors (Lipinski definition) is 0. The van der Waals surface area contributed by atoms with Gasteiger partial charge in [0.1, 0.15) is 0 Å². The maximum atomic E-state index is 12.7. The highest BCUT2D eigenvalue weighted by Crippen LogP contribution is 2.30. The molecule has 0 aliphatic carbocycles. The summed E-state index contributed by atoms with van der Waals surface area (Å²) in [6.07, 6.45) is 0.391. The standard InChI is InChI=1S/C18H18ClNO3S/c19-16-9-5-4-8-15(16)18(21)20-11-10-17(24(22,23)13-12-20)14-6-2-1-3-7-14/h1-9,17H,10-13H2. The molecule has 0 spiro atoms. The van der Waals surface area contributed by atoms with Crippen LogP contribution in [0.1, 0.15) is 27.6 Å². The molecule has 1 saturated heterocycles. The second kappa shape index (κ2) is 6.95. The molecule has 1 aliphatic heterocycles. The summed E-state index contributed by atoms with van der Waals surface area (Å²) in [6.45, 7) is 0.582. The Balaban J connectivity index is 1.84. The Labute approximate surface area is 147 Å². The predicted molar refractivity (Wildman–Crippen MR) is 94.9 cm³/mol. The third-order valence-electron chi connectivity index (χ3n) is 4.30. The molecule has 4 nitrogen and oxygen atoms in total. The Kier molecular flexibility index (Phi) is 4.92. The number of nitrogens with zero attached hydrogens (tertiary/aromatic N) is 1. The molecule has 1 aliphatic rings. The summed E-state index contributed by atoms with van der Waals surface area (Å²) in [5.41, 5.74) is 1.19. The van der Waals surface area contributed by atoms with Gasteiger partial charge in [0, 0.05) is 13.1 Å². The summed E-state index contributed by atoms with van der Waals surface area (Å²) in [5.74, 6) is -0.257. The van der Waals surface area contributed by atoms with Crippen LogP contribution in [-0.4, -0.2) is 38.1 Å². The normalized spacial score (nSPS) is 20.4. The molecule has 1 amide bonds. The van der Waals surface area contributed by atoms with Crippen molar-refractivity contribution >= 4 is 27.3 Å². The van der Waals surface area contributed by atoms with Crippen molar-refractivity contribution < 1.29 is 13.2 Å². The second-order valence-electron chi connectivity index (χ2n) is 5.83. The molecule has 1 atom stereocenters. The van der Waals surface area contributed by atoms with E-state index in [2.05, 4.69) is 0 Å². The SMILES string of the molecule is O=C(c1ccccc1Cl)N1CCC(c2ccccc2)S(=O)(=O)CC1. The van der Waals surface area contributed by atoms with Crippen LogP contribution in [-0.2, 0) is 9.84 Å². The number of amides is 1. The lowest BCUT2D eigenvalue weighted by molar-refractivity contribution is 0.0767. The molecule has 6 heteroatoms. The van der Waals surface area contributed by atoms with E-state index < -0.39 is 15.1 Å². The zero-order valence-electron chi connectivity index (χ0n) is 13.1. The van der Waals surface area contributed by atoms with E-state index in [-0.39, 0.29) is 18.2 Å². The summed E-state index contributed by atoms with van der Waals surface area (Å²) in [4.78, 5) is 14.3. The van der Waals surface area contributed by atoms with Crippen molar-refractivity contribution in [3.63, 3.8) is 0 Å². The maximum Gasteiger partial charge on any atom is 0.255 e. The quantitative estimate of drug-likeness (QED) is 0.822. The summed E-state index contributed by atoms with van der Waals surface area (Å²) in [6, 6.07) is 16.0. The average Bonchev–Trinajstić information content (AvgIpc) is 2.74. The van der Waals surface area contributed by atoms with Crippen LogP contribution in [0.4, 0.5) is 0 Å². The first-order valence-corrected chi connectivity index (χ1v) is 9.89. The van der Waals surface area contributed by atoms with Gasteiger partial charge < -0.3 is 4.90 Å². The van der Waals surface area contributed by atoms with E-state index in [1.165, 1.54) is 0 Å². The van der Waals surface area contributed by atoms with Crippen LogP contribution in [0.3, 0.4) is 0 Å². The molecule has 1 unspecified atom stereocenters. The van der Waals surface area contributed by atoms with Crippen molar-refractivity contribution in [1.29, 1.82) is 0 Å². The fraction of sp³-hybridized carbons (Fsp3) is 0.278. The molecule has 3 rings (SSSR count). The van der Waals surface area contributed by atoms with Gasteiger partial charge in [0.15, 0.2) is 9.84 Å². The van der Waals surface area contributed by atoms with Gasteiger partial charge in [-0.2, -0.15) is 0 Å². The number of benzene rings is 2. The largest absolute Gasteiger partial charge is 0.338 e. The Bertz CT molecular complexity index is 836. The molecule has 126 valence electrons. The van der Waals surface area contributed by atoms with Crippen LogP contribution >= 0.6 is 11.6 Å².